The molecule has 1 unspecified atom stereocenters. The van der Waals surface area contributed by atoms with Gasteiger partial charge in [0.1, 0.15) is 5.82 Å². The molecule has 0 aliphatic carbocycles. The van der Waals surface area contributed by atoms with Crippen molar-refractivity contribution in [1.29, 1.82) is 0 Å². The number of rotatable bonds is 6. The monoisotopic (exact) mass is 289 g/mol. The number of hydrogen-bond donors (Lipinski definition) is 1. The van der Waals surface area contributed by atoms with Crippen molar-refractivity contribution in [3.05, 3.63) is 53.6 Å². The molecule has 1 N–H and O–H groups in total. The molecule has 2 aromatic rings. The largest absolute Gasteiger partial charge is 0.308 e. The summed E-state index contributed by atoms with van der Waals surface area (Å²) in [6, 6.07) is 8.96. The third kappa shape index (κ3) is 3.16. The maximum absolute atomic E-state index is 13.2. The van der Waals surface area contributed by atoms with Crippen LogP contribution in [0.1, 0.15) is 45.0 Å². The zero-order valence-electron chi connectivity index (χ0n) is 13.2. The van der Waals surface area contributed by atoms with Crippen molar-refractivity contribution in [2.24, 2.45) is 0 Å². The van der Waals surface area contributed by atoms with E-state index in [0.29, 0.717) is 0 Å². The first-order valence-electron chi connectivity index (χ1n) is 7.51. The summed E-state index contributed by atoms with van der Waals surface area (Å²) in [5, 5.41) is 7.93. The fraction of sp³-hybridized carbons (Fsp3) is 0.471. The normalized spacial score (nSPS) is 13.4. The molecule has 0 spiro atoms. The fourth-order valence-electron chi connectivity index (χ4n) is 2.83. The molecule has 3 nitrogen and oxygen atoms in total. The minimum absolute atomic E-state index is 0.121. The molecule has 0 bridgehead atoms. The number of nitrogens with one attached hydrogen (secondary N) is 1. The van der Waals surface area contributed by atoms with Gasteiger partial charge in [-0.25, -0.2) is 4.39 Å². The van der Waals surface area contributed by atoms with Gasteiger partial charge in [0.2, 0.25) is 0 Å². The zero-order chi connectivity index (χ0) is 15.5. The maximum Gasteiger partial charge on any atom is 0.123 e. The lowest BCUT2D eigenvalue weighted by Gasteiger charge is -2.36. The van der Waals surface area contributed by atoms with Gasteiger partial charge in [-0.05, 0) is 37.2 Å². The van der Waals surface area contributed by atoms with Crippen molar-refractivity contribution in [3.63, 3.8) is 0 Å². The number of likely N-dealkylation sites (N-methyl/N-ethyl adjacent to an activating group) is 1. The highest BCUT2D eigenvalue weighted by Gasteiger charge is 2.33. The first-order chi connectivity index (χ1) is 10.0. The van der Waals surface area contributed by atoms with Crippen LogP contribution in [0.15, 0.2) is 36.5 Å². The number of halogens is 1. The van der Waals surface area contributed by atoms with Gasteiger partial charge in [0, 0.05) is 18.2 Å². The zero-order valence-corrected chi connectivity index (χ0v) is 13.2. The summed E-state index contributed by atoms with van der Waals surface area (Å²) in [6.45, 7) is 10.2. The van der Waals surface area contributed by atoms with Crippen LogP contribution in [0.4, 0.5) is 4.39 Å². The van der Waals surface area contributed by atoms with Crippen molar-refractivity contribution in [1.82, 2.24) is 15.1 Å². The molecule has 1 aromatic carbocycles. The van der Waals surface area contributed by atoms with E-state index >= 15 is 0 Å². The second kappa shape index (κ2) is 6.39. The van der Waals surface area contributed by atoms with Gasteiger partial charge < -0.3 is 5.32 Å². The van der Waals surface area contributed by atoms with E-state index in [9.17, 15) is 4.39 Å². The summed E-state index contributed by atoms with van der Waals surface area (Å²) < 4.78 is 15.2. The van der Waals surface area contributed by atoms with Crippen molar-refractivity contribution < 1.29 is 4.39 Å². The molecule has 2 rings (SSSR count). The van der Waals surface area contributed by atoms with E-state index in [0.717, 1.165) is 24.3 Å². The Balaban J connectivity index is 2.43. The Hall–Kier alpha value is -1.68. The highest BCUT2D eigenvalue weighted by Crippen LogP contribution is 2.36. The van der Waals surface area contributed by atoms with Crippen LogP contribution < -0.4 is 5.32 Å². The molecule has 0 amide bonds. The van der Waals surface area contributed by atoms with E-state index in [1.807, 2.05) is 23.0 Å². The highest BCUT2D eigenvalue weighted by molar-refractivity contribution is 5.29. The maximum atomic E-state index is 13.2. The van der Waals surface area contributed by atoms with Crippen LogP contribution in [0, 0.1) is 5.82 Å². The molecule has 0 saturated heterocycles. The molecule has 0 fully saturated rings. The summed E-state index contributed by atoms with van der Waals surface area (Å²) in [4.78, 5) is 0. The molecule has 1 heterocycles. The quantitative estimate of drug-likeness (QED) is 0.879. The molecule has 1 aromatic heterocycles. The Bertz CT molecular complexity index is 572. The van der Waals surface area contributed by atoms with Gasteiger partial charge in [-0.2, -0.15) is 5.10 Å². The number of aromatic nitrogens is 2. The lowest BCUT2D eigenvalue weighted by molar-refractivity contribution is 0.333. The van der Waals surface area contributed by atoms with Crippen LogP contribution in [0.5, 0.6) is 0 Å². The molecular formula is C17H24FN3. The van der Waals surface area contributed by atoms with E-state index in [4.69, 9.17) is 0 Å². The van der Waals surface area contributed by atoms with Crippen molar-refractivity contribution in [2.75, 3.05) is 6.54 Å². The molecule has 0 saturated carbocycles. The van der Waals surface area contributed by atoms with Gasteiger partial charge in [0.25, 0.3) is 0 Å². The van der Waals surface area contributed by atoms with Crippen LogP contribution >= 0.6 is 0 Å². The van der Waals surface area contributed by atoms with Crippen molar-refractivity contribution in [2.45, 2.75) is 45.7 Å². The SMILES string of the molecule is CCNC(c1ccnn1CC)C(C)(C)c1ccc(F)cc1. The van der Waals surface area contributed by atoms with E-state index < -0.39 is 0 Å². The van der Waals surface area contributed by atoms with Crippen LogP contribution in [0.3, 0.4) is 0 Å². The molecule has 4 heteroatoms. The number of hydrogen-bond acceptors (Lipinski definition) is 2. The first kappa shape index (κ1) is 15.7. The van der Waals surface area contributed by atoms with Crippen LogP contribution in [0.25, 0.3) is 0 Å². The standard InChI is InChI=1S/C17H24FN3/c1-5-19-16(15-11-12-20-21(15)6-2)17(3,4)13-7-9-14(18)10-8-13/h7-12,16,19H,5-6H2,1-4H3. The molecule has 0 aliphatic rings. The van der Waals surface area contributed by atoms with Gasteiger partial charge in [0.05, 0.1) is 11.7 Å². The average Bonchev–Trinajstić information content (AvgIpc) is 2.93. The predicted molar refractivity (Wildman–Crippen MR) is 83.7 cm³/mol. The number of aryl methyl sites for hydroxylation is 1. The minimum Gasteiger partial charge on any atom is -0.308 e. The minimum atomic E-state index is -0.201. The van der Waals surface area contributed by atoms with Gasteiger partial charge >= 0.3 is 0 Å². The Labute approximate surface area is 126 Å². The highest BCUT2D eigenvalue weighted by atomic mass is 19.1. The summed E-state index contributed by atoms with van der Waals surface area (Å²) in [6.07, 6.45) is 1.84. The summed E-state index contributed by atoms with van der Waals surface area (Å²) >= 11 is 0. The molecule has 114 valence electrons. The van der Waals surface area contributed by atoms with Gasteiger partial charge in [-0.3, -0.25) is 4.68 Å². The van der Waals surface area contributed by atoms with Crippen LogP contribution in [0.2, 0.25) is 0 Å². The fourth-order valence-corrected chi connectivity index (χ4v) is 2.83. The van der Waals surface area contributed by atoms with E-state index in [1.54, 1.807) is 0 Å². The smallest absolute Gasteiger partial charge is 0.123 e. The van der Waals surface area contributed by atoms with Gasteiger partial charge in [-0.1, -0.05) is 32.9 Å². The topological polar surface area (TPSA) is 29.9 Å². The Morgan fingerprint density at radius 1 is 1.19 bits per heavy atom. The Kier molecular flexibility index (Phi) is 4.78. The number of benzene rings is 1. The molecule has 0 radical (unpaired) electrons. The average molecular weight is 289 g/mol. The Morgan fingerprint density at radius 2 is 1.86 bits per heavy atom. The van der Waals surface area contributed by atoms with Gasteiger partial charge in [-0.15, -0.1) is 0 Å². The van der Waals surface area contributed by atoms with E-state index in [1.165, 1.54) is 12.1 Å². The Morgan fingerprint density at radius 3 is 2.43 bits per heavy atom. The molecular weight excluding hydrogens is 265 g/mol. The second-order valence-corrected chi connectivity index (χ2v) is 5.79. The van der Waals surface area contributed by atoms with Crippen molar-refractivity contribution >= 4 is 0 Å². The number of nitrogens with zero attached hydrogens (tertiary/aromatic N) is 2. The summed E-state index contributed by atoms with van der Waals surface area (Å²) in [7, 11) is 0. The second-order valence-electron chi connectivity index (χ2n) is 5.79. The van der Waals surface area contributed by atoms with E-state index in [2.05, 4.69) is 44.2 Å². The summed E-state index contributed by atoms with van der Waals surface area (Å²) in [5.41, 5.74) is 2.10. The third-order valence-electron chi connectivity index (χ3n) is 4.06. The van der Waals surface area contributed by atoms with Crippen LogP contribution in [-0.2, 0) is 12.0 Å². The molecule has 1 atom stereocenters. The predicted octanol–water partition coefficient (Wildman–Crippen LogP) is 3.67. The molecule has 0 aliphatic heterocycles. The lowest BCUT2D eigenvalue weighted by Crippen LogP contribution is -2.38. The van der Waals surface area contributed by atoms with Gasteiger partial charge in [0.15, 0.2) is 0 Å². The van der Waals surface area contributed by atoms with Crippen molar-refractivity contribution in [3.8, 4) is 0 Å². The van der Waals surface area contributed by atoms with Crippen LogP contribution in [-0.4, -0.2) is 16.3 Å². The van der Waals surface area contributed by atoms with E-state index in [-0.39, 0.29) is 17.3 Å². The summed E-state index contributed by atoms with van der Waals surface area (Å²) in [5.74, 6) is -0.201. The molecule has 21 heavy (non-hydrogen) atoms. The first-order valence-corrected chi connectivity index (χ1v) is 7.51. The third-order valence-corrected chi connectivity index (χ3v) is 4.06. The lowest BCUT2D eigenvalue weighted by atomic mass is 9.76.